The number of alkyl halides is 2. The maximum Gasteiger partial charge on any atom is 0.0784 e. The molecule has 0 amide bonds. The summed E-state index contributed by atoms with van der Waals surface area (Å²) in [6, 6.07) is 0. The monoisotopic (exact) mass is 162 g/mol. The summed E-state index contributed by atoms with van der Waals surface area (Å²) in [5.41, 5.74) is 0. The van der Waals surface area contributed by atoms with Crippen LogP contribution in [0.2, 0.25) is 0 Å². The van der Waals surface area contributed by atoms with Crippen molar-refractivity contribution in [2.24, 2.45) is 0 Å². The molecule has 0 bridgehead atoms. The number of hydrogen-bond acceptors (Lipinski definition) is 2. The van der Waals surface area contributed by atoms with Crippen molar-refractivity contribution < 1.29 is 0 Å². The van der Waals surface area contributed by atoms with Crippen LogP contribution in [-0.4, -0.2) is 10.4 Å². The highest BCUT2D eigenvalue weighted by atomic mass is 35.5. The van der Waals surface area contributed by atoms with Crippen molar-refractivity contribution in [1.29, 1.82) is 0 Å². The molecule has 0 unspecified atom stereocenters. The van der Waals surface area contributed by atoms with Crippen molar-refractivity contribution in [3.05, 3.63) is 0 Å². The van der Waals surface area contributed by atoms with E-state index >= 15 is 0 Å². The van der Waals surface area contributed by atoms with Gasteiger partial charge in [-0.2, -0.15) is 0 Å². The Morgan fingerprint density at radius 3 is 1.50 bits per heavy atom. The second-order valence-corrected chi connectivity index (χ2v) is 4.09. The maximum absolute atomic E-state index is 5.26. The average Bonchev–Trinajstić information content (AvgIpc) is 1.61. The predicted octanol–water partition coefficient (Wildman–Crippen LogP) is 2.76. The lowest BCUT2D eigenvalue weighted by atomic mass is 11.9. The lowest BCUT2D eigenvalue weighted by Gasteiger charge is -1.83. The Morgan fingerprint density at radius 2 is 1.33 bits per heavy atom. The van der Waals surface area contributed by atoms with E-state index in [0.29, 0.717) is 10.4 Å². The summed E-state index contributed by atoms with van der Waals surface area (Å²) in [4.78, 5) is 0. The lowest BCUT2D eigenvalue weighted by molar-refractivity contribution is 2.25. The maximum atomic E-state index is 5.26. The molecule has 0 atom stereocenters. The predicted molar refractivity (Wildman–Crippen MR) is 36.6 cm³/mol. The summed E-state index contributed by atoms with van der Waals surface area (Å²) >= 11 is 10.5. The van der Waals surface area contributed by atoms with Crippen LogP contribution in [0.5, 0.6) is 0 Å². The van der Waals surface area contributed by atoms with Crippen LogP contribution in [-0.2, 0) is 0 Å². The lowest BCUT2D eigenvalue weighted by Crippen LogP contribution is -1.52. The van der Waals surface area contributed by atoms with Crippen LogP contribution in [0.1, 0.15) is 0 Å². The van der Waals surface area contributed by atoms with Gasteiger partial charge in [-0.05, 0) is 0 Å². The zero-order valence-electron chi connectivity index (χ0n) is 2.99. The quantitative estimate of drug-likeness (QED) is 0.356. The van der Waals surface area contributed by atoms with Gasteiger partial charge in [-0.3, -0.25) is 0 Å². The minimum atomic E-state index is 0.622. The summed E-state index contributed by atoms with van der Waals surface area (Å²) in [6.45, 7) is 0. The van der Waals surface area contributed by atoms with Gasteiger partial charge in [-0.25, -0.2) is 0 Å². The smallest absolute Gasteiger partial charge is 0.0784 e. The van der Waals surface area contributed by atoms with Gasteiger partial charge in [-0.15, -0.1) is 23.2 Å². The van der Waals surface area contributed by atoms with Gasteiger partial charge in [0.15, 0.2) is 0 Å². The Morgan fingerprint density at radius 1 is 1.00 bits per heavy atom. The molecule has 0 saturated carbocycles. The fraction of sp³-hybridized carbons (Fsp3) is 1.00. The van der Waals surface area contributed by atoms with Crippen LogP contribution < -0.4 is 0 Å². The fourth-order valence-electron chi connectivity index (χ4n) is 0.0630. The molecule has 0 saturated heterocycles. The molecule has 0 heterocycles. The fourth-order valence-corrected chi connectivity index (χ4v) is 1.70. The molecule has 0 N–H and O–H groups in total. The van der Waals surface area contributed by atoms with Gasteiger partial charge in [0.1, 0.15) is 0 Å². The third-order valence-corrected chi connectivity index (χ3v) is 3.16. The average molecular weight is 163 g/mol. The molecule has 0 nitrogen and oxygen atoms in total. The molecule has 0 aliphatic carbocycles. The zero-order valence-corrected chi connectivity index (χ0v) is 6.13. The molecule has 0 aromatic carbocycles. The topological polar surface area (TPSA) is 0 Å². The first-order valence-electron chi connectivity index (χ1n) is 1.28. The minimum Gasteiger partial charge on any atom is -0.114 e. The Kier molecular flexibility index (Phi) is 7.62. The SMILES string of the molecule is ClCSSCCl. The molecule has 0 spiro atoms. The van der Waals surface area contributed by atoms with E-state index in [1.807, 2.05) is 0 Å². The van der Waals surface area contributed by atoms with Gasteiger partial charge in [0.2, 0.25) is 0 Å². The first-order valence-corrected chi connectivity index (χ1v) is 4.84. The van der Waals surface area contributed by atoms with E-state index in [4.69, 9.17) is 23.2 Å². The van der Waals surface area contributed by atoms with Crippen molar-refractivity contribution in [2.75, 3.05) is 10.4 Å². The standard InChI is InChI=1S/C2H4Cl2S2/c3-1-5-6-2-4/h1-2H2. The normalized spacial score (nSPS) is 9.00. The Hall–Kier alpha value is 1.28. The third-order valence-electron chi connectivity index (χ3n) is 0.172. The third kappa shape index (κ3) is 5.28. The molecule has 4 heteroatoms. The molecule has 38 valence electrons. The Labute approximate surface area is 55.4 Å². The summed E-state index contributed by atoms with van der Waals surface area (Å²) in [7, 11) is 3.12. The minimum absolute atomic E-state index is 0.622. The molecular formula is C2H4Cl2S2. The van der Waals surface area contributed by atoms with Crippen LogP contribution in [0.15, 0.2) is 0 Å². The van der Waals surface area contributed by atoms with Crippen LogP contribution in [0, 0.1) is 0 Å². The molecule has 0 aliphatic rings. The summed E-state index contributed by atoms with van der Waals surface area (Å²) < 4.78 is 0. The van der Waals surface area contributed by atoms with E-state index in [-0.39, 0.29) is 0 Å². The summed E-state index contributed by atoms with van der Waals surface area (Å²) in [6.07, 6.45) is 0. The largest absolute Gasteiger partial charge is 0.114 e. The number of halogens is 2. The van der Waals surface area contributed by atoms with Gasteiger partial charge in [-0.1, -0.05) is 21.6 Å². The molecule has 0 rings (SSSR count). The van der Waals surface area contributed by atoms with E-state index in [2.05, 4.69) is 0 Å². The van der Waals surface area contributed by atoms with Crippen molar-refractivity contribution >= 4 is 44.8 Å². The highest BCUT2D eigenvalue weighted by molar-refractivity contribution is 8.77. The van der Waals surface area contributed by atoms with E-state index in [1.54, 1.807) is 21.6 Å². The first-order chi connectivity index (χ1) is 2.91. The molecular weight excluding hydrogens is 159 g/mol. The van der Waals surface area contributed by atoms with Crippen molar-refractivity contribution in [1.82, 2.24) is 0 Å². The van der Waals surface area contributed by atoms with Crippen molar-refractivity contribution in [3.63, 3.8) is 0 Å². The molecule has 0 radical (unpaired) electrons. The van der Waals surface area contributed by atoms with E-state index in [1.165, 1.54) is 0 Å². The van der Waals surface area contributed by atoms with Gasteiger partial charge >= 0.3 is 0 Å². The van der Waals surface area contributed by atoms with Crippen LogP contribution in [0.25, 0.3) is 0 Å². The van der Waals surface area contributed by atoms with Crippen LogP contribution in [0.3, 0.4) is 0 Å². The highest BCUT2D eigenvalue weighted by Crippen LogP contribution is 2.22. The second-order valence-electron chi connectivity index (χ2n) is 0.454. The molecule has 0 aromatic heterocycles. The first kappa shape index (κ1) is 7.28. The van der Waals surface area contributed by atoms with Crippen LogP contribution in [0.4, 0.5) is 0 Å². The van der Waals surface area contributed by atoms with Crippen LogP contribution >= 0.6 is 44.8 Å². The van der Waals surface area contributed by atoms with E-state index < -0.39 is 0 Å². The molecule has 0 aromatic rings. The van der Waals surface area contributed by atoms with Gasteiger partial charge in [0.25, 0.3) is 0 Å². The Balaban J connectivity index is 2.34. The van der Waals surface area contributed by atoms with Crippen molar-refractivity contribution in [3.8, 4) is 0 Å². The molecule has 0 aliphatic heterocycles. The Bertz CT molecular complexity index is 21.5. The summed E-state index contributed by atoms with van der Waals surface area (Å²) in [5, 5.41) is 1.24. The second kappa shape index (κ2) is 6.28. The molecule has 6 heavy (non-hydrogen) atoms. The molecule has 0 fully saturated rings. The number of rotatable bonds is 3. The van der Waals surface area contributed by atoms with E-state index in [0.717, 1.165) is 0 Å². The van der Waals surface area contributed by atoms with Crippen molar-refractivity contribution in [2.45, 2.75) is 0 Å². The number of hydrogen-bond donors (Lipinski definition) is 0. The highest BCUT2D eigenvalue weighted by Gasteiger charge is 1.78. The summed E-state index contributed by atoms with van der Waals surface area (Å²) in [5.74, 6) is 0. The van der Waals surface area contributed by atoms with Gasteiger partial charge in [0.05, 0.1) is 10.4 Å². The van der Waals surface area contributed by atoms with Gasteiger partial charge in [0, 0.05) is 0 Å². The van der Waals surface area contributed by atoms with E-state index in [9.17, 15) is 0 Å². The van der Waals surface area contributed by atoms with Gasteiger partial charge < -0.3 is 0 Å². The zero-order chi connectivity index (χ0) is 4.83.